The highest BCUT2D eigenvalue weighted by atomic mass is 19.1. The van der Waals surface area contributed by atoms with E-state index in [1.54, 1.807) is 6.07 Å². The third-order valence-corrected chi connectivity index (χ3v) is 4.96. The Morgan fingerprint density at radius 1 is 1.41 bits per heavy atom. The van der Waals surface area contributed by atoms with E-state index in [0.717, 1.165) is 37.2 Å². The Bertz CT molecular complexity index is 564. The summed E-state index contributed by atoms with van der Waals surface area (Å²) in [5, 5.41) is 0. The number of likely N-dealkylation sites (tertiary alicyclic amines) is 1. The zero-order chi connectivity index (χ0) is 15.7. The number of carbonyl (C=O) groups is 1. The highest BCUT2D eigenvalue weighted by Gasteiger charge is 2.36. The van der Waals surface area contributed by atoms with Crippen LogP contribution in [0.4, 0.5) is 4.39 Å². The highest BCUT2D eigenvalue weighted by Crippen LogP contribution is 2.26. The van der Waals surface area contributed by atoms with Crippen molar-refractivity contribution in [1.82, 2.24) is 9.80 Å². The highest BCUT2D eigenvalue weighted by molar-refractivity contribution is 5.77. The first-order chi connectivity index (χ1) is 10.5. The number of hydrogen-bond donors (Lipinski definition) is 0. The molecular formula is C17H23FN2O2. The van der Waals surface area contributed by atoms with Crippen molar-refractivity contribution in [2.24, 2.45) is 5.92 Å². The summed E-state index contributed by atoms with van der Waals surface area (Å²) in [6.07, 6.45) is 1.01. The third-order valence-electron chi connectivity index (χ3n) is 4.96. The molecule has 0 spiro atoms. The maximum atomic E-state index is 13.4. The Labute approximate surface area is 130 Å². The minimum absolute atomic E-state index is 0.0521. The molecule has 0 N–H and O–H groups in total. The molecule has 2 fully saturated rings. The summed E-state index contributed by atoms with van der Waals surface area (Å²) in [6.45, 7) is 5.38. The summed E-state index contributed by atoms with van der Waals surface area (Å²) in [4.78, 5) is 16.1. The molecular weight excluding hydrogens is 283 g/mol. The topological polar surface area (TPSA) is 32.8 Å². The fraction of sp³-hybridized carbons (Fsp3) is 0.588. The number of nitrogens with zero attached hydrogens (tertiary/aromatic N) is 2. The quantitative estimate of drug-likeness (QED) is 0.835. The van der Waals surface area contributed by atoms with Gasteiger partial charge in [0.1, 0.15) is 12.4 Å². The Kier molecular flexibility index (Phi) is 4.45. The van der Waals surface area contributed by atoms with Gasteiger partial charge in [-0.2, -0.15) is 0 Å². The molecule has 2 heterocycles. The van der Waals surface area contributed by atoms with E-state index < -0.39 is 0 Å². The van der Waals surface area contributed by atoms with E-state index in [-0.39, 0.29) is 24.4 Å². The third kappa shape index (κ3) is 3.15. The van der Waals surface area contributed by atoms with Gasteiger partial charge >= 0.3 is 0 Å². The van der Waals surface area contributed by atoms with Crippen LogP contribution >= 0.6 is 0 Å². The number of benzene rings is 1. The maximum absolute atomic E-state index is 13.4. The second kappa shape index (κ2) is 6.34. The number of aryl methyl sites for hydroxylation is 1. The van der Waals surface area contributed by atoms with Crippen LogP contribution in [0.2, 0.25) is 0 Å². The predicted molar refractivity (Wildman–Crippen MR) is 81.9 cm³/mol. The van der Waals surface area contributed by atoms with Crippen LogP contribution in [0, 0.1) is 18.7 Å². The van der Waals surface area contributed by atoms with Gasteiger partial charge in [0.2, 0.25) is 5.91 Å². The lowest BCUT2D eigenvalue weighted by Crippen LogP contribution is -2.52. The van der Waals surface area contributed by atoms with Crippen LogP contribution < -0.4 is 0 Å². The molecule has 0 saturated carbocycles. The summed E-state index contributed by atoms with van der Waals surface area (Å²) in [6, 6.07) is 5.14. The van der Waals surface area contributed by atoms with Crippen LogP contribution in [-0.4, -0.2) is 55.1 Å². The van der Waals surface area contributed by atoms with Crippen LogP contribution in [0.5, 0.6) is 0 Å². The van der Waals surface area contributed by atoms with Crippen LogP contribution in [0.25, 0.3) is 0 Å². The van der Waals surface area contributed by atoms with Gasteiger partial charge in [-0.05, 0) is 43.1 Å². The first kappa shape index (κ1) is 15.4. The van der Waals surface area contributed by atoms with Crippen molar-refractivity contribution >= 4 is 5.91 Å². The van der Waals surface area contributed by atoms with Gasteiger partial charge in [-0.3, -0.25) is 9.69 Å². The minimum atomic E-state index is -0.189. The normalized spacial score (nSPS) is 26.7. The first-order valence-electron chi connectivity index (χ1n) is 7.85. The number of likely N-dealkylation sites (N-methyl/N-ethyl adjacent to an activating group) is 1. The number of amides is 1. The summed E-state index contributed by atoms with van der Waals surface area (Å²) >= 11 is 0. The van der Waals surface area contributed by atoms with Crippen LogP contribution in [0.3, 0.4) is 0 Å². The Balaban J connectivity index is 1.72. The molecule has 1 amide bonds. The van der Waals surface area contributed by atoms with Crippen LogP contribution in [-0.2, 0) is 16.1 Å². The van der Waals surface area contributed by atoms with Gasteiger partial charge in [-0.25, -0.2) is 4.39 Å². The average molecular weight is 306 g/mol. The monoisotopic (exact) mass is 306 g/mol. The Morgan fingerprint density at radius 2 is 2.23 bits per heavy atom. The smallest absolute Gasteiger partial charge is 0.248 e. The molecule has 0 radical (unpaired) electrons. The molecule has 2 aliphatic rings. The summed E-state index contributed by atoms with van der Waals surface area (Å²) in [7, 11) is 1.87. The van der Waals surface area contributed by atoms with E-state index in [2.05, 4.69) is 4.90 Å². The molecule has 22 heavy (non-hydrogen) atoms. The molecule has 0 unspecified atom stereocenters. The molecule has 0 bridgehead atoms. The Hall–Kier alpha value is -1.46. The van der Waals surface area contributed by atoms with Crippen molar-refractivity contribution in [3.63, 3.8) is 0 Å². The van der Waals surface area contributed by atoms with Crippen molar-refractivity contribution in [3.8, 4) is 0 Å². The largest absolute Gasteiger partial charge is 0.371 e. The molecule has 2 saturated heterocycles. The van der Waals surface area contributed by atoms with Gasteiger partial charge in [0.15, 0.2) is 0 Å². The lowest BCUT2D eigenvalue weighted by atomic mass is 9.91. The van der Waals surface area contributed by atoms with Crippen molar-refractivity contribution in [2.75, 3.05) is 33.4 Å². The fourth-order valence-electron chi connectivity index (χ4n) is 3.46. The molecule has 0 aliphatic carbocycles. The van der Waals surface area contributed by atoms with Gasteiger partial charge in [-0.1, -0.05) is 6.07 Å². The SMILES string of the molecule is Cc1ccc(F)cc1CN1CC[C@H]2COCC(=O)N(C)[C@H]2C1. The van der Waals surface area contributed by atoms with E-state index >= 15 is 0 Å². The van der Waals surface area contributed by atoms with E-state index in [9.17, 15) is 9.18 Å². The van der Waals surface area contributed by atoms with E-state index in [0.29, 0.717) is 12.5 Å². The van der Waals surface area contributed by atoms with E-state index in [1.165, 1.54) is 6.07 Å². The summed E-state index contributed by atoms with van der Waals surface area (Å²) in [5.41, 5.74) is 2.13. The molecule has 1 aromatic rings. The van der Waals surface area contributed by atoms with Gasteiger partial charge in [0.25, 0.3) is 0 Å². The first-order valence-corrected chi connectivity index (χ1v) is 7.85. The molecule has 5 heteroatoms. The Morgan fingerprint density at radius 3 is 3.05 bits per heavy atom. The summed E-state index contributed by atoms with van der Waals surface area (Å²) < 4.78 is 18.9. The number of carbonyl (C=O) groups excluding carboxylic acids is 1. The van der Waals surface area contributed by atoms with Crippen LogP contribution in [0.1, 0.15) is 17.5 Å². The molecule has 2 aliphatic heterocycles. The maximum Gasteiger partial charge on any atom is 0.248 e. The van der Waals surface area contributed by atoms with Gasteiger partial charge < -0.3 is 9.64 Å². The van der Waals surface area contributed by atoms with Gasteiger partial charge in [0.05, 0.1) is 6.61 Å². The van der Waals surface area contributed by atoms with E-state index in [4.69, 9.17) is 4.74 Å². The summed E-state index contributed by atoms with van der Waals surface area (Å²) in [5.74, 6) is 0.267. The van der Waals surface area contributed by atoms with Crippen molar-refractivity contribution in [1.29, 1.82) is 0 Å². The van der Waals surface area contributed by atoms with Gasteiger partial charge in [0, 0.05) is 32.1 Å². The van der Waals surface area contributed by atoms with Crippen LogP contribution in [0.15, 0.2) is 18.2 Å². The molecule has 0 aromatic heterocycles. The predicted octanol–water partition coefficient (Wildman–Crippen LogP) is 1.81. The second-order valence-electron chi connectivity index (χ2n) is 6.44. The molecule has 1 aromatic carbocycles. The lowest BCUT2D eigenvalue weighted by Gasteiger charge is -2.41. The second-order valence-corrected chi connectivity index (χ2v) is 6.44. The zero-order valence-corrected chi connectivity index (χ0v) is 13.2. The van der Waals surface area contributed by atoms with E-state index in [1.807, 2.05) is 24.9 Å². The number of halogens is 1. The average Bonchev–Trinajstić information content (AvgIpc) is 2.63. The number of rotatable bonds is 2. The fourth-order valence-corrected chi connectivity index (χ4v) is 3.46. The minimum Gasteiger partial charge on any atom is -0.371 e. The number of fused-ring (bicyclic) bond motifs is 1. The molecule has 120 valence electrons. The number of hydrogen-bond acceptors (Lipinski definition) is 3. The van der Waals surface area contributed by atoms with Gasteiger partial charge in [-0.15, -0.1) is 0 Å². The van der Waals surface area contributed by atoms with Crippen molar-refractivity contribution in [3.05, 3.63) is 35.1 Å². The molecule has 4 nitrogen and oxygen atoms in total. The zero-order valence-electron chi connectivity index (χ0n) is 13.2. The number of piperidine rings is 1. The molecule has 2 atom stereocenters. The number of ether oxygens (including phenoxy) is 1. The molecule has 3 rings (SSSR count). The van der Waals surface area contributed by atoms with Crippen molar-refractivity contribution in [2.45, 2.75) is 25.9 Å². The standard InChI is InChI=1S/C17H23FN2O2/c1-12-3-4-15(18)7-14(12)8-20-6-5-13-10-22-11-17(21)19(2)16(13)9-20/h3-4,7,13,16H,5-6,8-11H2,1-2H3/t13-,16-/m0/s1. The van der Waals surface area contributed by atoms with Crippen molar-refractivity contribution < 1.29 is 13.9 Å². The lowest BCUT2D eigenvalue weighted by molar-refractivity contribution is -0.134.